The van der Waals surface area contributed by atoms with E-state index in [-0.39, 0.29) is 5.25 Å². The Balaban J connectivity index is 2.63. The second-order valence-corrected chi connectivity index (χ2v) is 5.13. The minimum Gasteiger partial charge on any atom is -0.232 e. The van der Waals surface area contributed by atoms with E-state index in [1.54, 1.807) is 6.92 Å². The largest absolute Gasteiger partial charge is 0.232 e. The Labute approximate surface area is 86.9 Å². The van der Waals surface area contributed by atoms with Crippen LogP contribution in [0.15, 0.2) is 30.3 Å². The first-order chi connectivity index (χ1) is 6.61. The van der Waals surface area contributed by atoms with Crippen molar-refractivity contribution in [3.05, 3.63) is 35.9 Å². The first kappa shape index (κ1) is 11.2. The molecule has 0 radical (unpaired) electrons. The third-order valence-corrected chi connectivity index (χ3v) is 3.35. The number of rotatable bonds is 4. The fourth-order valence-corrected chi connectivity index (χ4v) is 2.00. The Hall–Kier alpha value is -0.830. The van der Waals surface area contributed by atoms with Crippen LogP contribution in [0.3, 0.4) is 0 Å². The summed E-state index contributed by atoms with van der Waals surface area (Å²) in [6.07, 6.45) is 0.697. The van der Waals surface area contributed by atoms with E-state index in [4.69, 9.17) is 0 Å². The molecular formula is C11H16O2S. The molecule has 14 heavy (non-hydrogen) atoms. The average Bonchev–Trinajstić information content (AvgIpc) is 2.19. The van der Waals surface area contributed by atoms with Crippen LogP contribution in [0.25, 0.3) is 0 Å². The first-order valence-electron chi connectivity index (χ1n) is 4.79. The van der Waals surface area contributed by atoms with Gasteiger partial charge in [-0.1, -0.05) is 37.3 Å². The minimum absolute atomic E-state index is 0.236. The van der Waals surface area contributed by atoms with Crippen molar-refractivity contribution in [2.45, 2.75) is 31.4 Å². The van der Waals surface area contributed by atoms with Gasteiger partial charge in [0.25, 0.3) is 0 Å². The zero-order valence-corrected chi connectivity index (χ0v) is 9.41. The third kappa shape index (κ3) is 3.14. The van der Waals surface area contributed by atoms with E-state index in [1.807, 2.05) is 30.3 Å². The van der Waals surface area contributed by atoms with Gasteiger partial charge < -0.3 is 0 Å². The van der Waals surface area contributed by atoms with Crippen molar-refractivity contribution in [3.63, 3.8) is 0 Å². The van der Waals surface area contributed by atoms with Crippen molar-refractivity contribution in [1.29, 1.82) is 0 Å². The Morgan fingerprint density at radius 2 is 1.71 bits per heavy atom. The third-order valence-electron chi connectivity index (χ3n) is 2.42. The lowest BCUT2D eigenvalue weighted by molar-refractivity contribution is 0.583. The lowest BCUT2D eigenvalue weighted by Gasteiger charge is -2.13. The predicted molar refractivity (Wildman–Crippen MR) is 59.3 cm³/mol. The molecule has 78 valence electrons. The van der Waals surface area contributed by atoms with Gasteiger partial charge in [0.2, 0.25) is 0 Å². The fraction of sp³-hybridized carbons (Fsp3) is 0.455. The SMILES string of the molecule is CC(CC(C)[SH](=O)=O)c1ccccc1. The highest BCUT2D eigenvalue weighted by atomic mass is 32.2. The zero-order valence-electron chi connectivity index (χ0n) is 8.51. The summed E-state index contributed by atoms with van der Waals surface area (Å²) in [6.45, 7) is 3.82. The van der Waals surface area contributed by atoms with Crippen molar-refractivity contribution in [2.75, 3.05) is 0 Å². The molecule has 1 aromatic carbocycles. The molecule has 2 nitrogen and oxygen atoms in total. The normalized spacial score (nSPS) is 15.4. The van der Waals surface area contributed by atoms with Crippen LogP contribution in [0.5, 0.6) is 0 Å². The summed E-state index contributed by atoms with van der Waals surface area (Å²) >= 11 is 0. The molecule has 3 heteroatoms. The van der Waals surface area contributed by atoms with Crippen LogP contribution in [-0.4, -0.2) is 13.7 Å². The van der Waals surface area contributed by atoms with E-state index < -0.39 is 10.7 Å². The number of hydrogen-bond acceptors (Lipinski definition) is 2. The standard InChI is InChI=1S/C11H16O2S/c1-9(8-10(2)14(12)13)11-6-4-3-5-7-11/h3-7,9-10,14H,8H2,1-2H3. The molecule has 0 saturated carbocycles. The number of thiol groups is 1. The lowest BCUT2D eigenvalue weighted by Crippen LogP contribution is -2.08. The molecule has 2 atom stereocenters. The summed E-state index contributed by atoms with van der Waals surface area (Å²) in [5.74, 6) is 0.305. The van der Waals surface area contributed by atoms with E-state index in [0.29, 0.717) is 12.3 Å². The molecule has 0 heterocycles. The van der Waals surface area contributed by atoms with E-state index in [0.717, 1.165) is 0 Å². The molecule has 0 bridgehead atoms. The molecule has 1 aromatic rings. The number of benzene rings is 1. The highest BCUT2D eigenvalue weighted by molar-refractivity contribution is 7.73. The monoisotopic (exact) mass is 212 g/mol. The second-order valence-electron chi connectivity index (χ2n) is 3.68. The molecule has 0 fully saturated rings. The predicted octanol–water partition coefficient (Wildman–Crippen LogP) is 2.18. The minimum atomic E-state index is -2.28. The summed E-state index contributed by atoms with van der Waals surface area (Å²) in [7, 11) is -2.28. The first-order valence-corrected chi connectivity index (χ1v) is 6.04. The second kappa shape index (κ2) is 5.15. The van der Waals surface area contributed by atoms with Gasteiger partial charge in [-0.3, -0.25) is 0 Å². The molecule has 0 amide bonds. The molecule has 0 aliphatic carbocycles. The van der Waals surface area contributed by atoms with Crippen LogP contribution in [0.4, 0.5) is 0 Å². The van der Waals surface area contributed by atoms with Gasteiger partial charge in [0.15, 0.2) is 0 Å². The molecule has 0 aliphatic heterocycles. The Morgan fingerprint density at radius 3 is 2.21 bits per heavy atom. The van der Waals surface area contributed by atoms with Gasteiger partial charge in [-0.05, 0) is 24.8 Å². The van der Waals surface area contributed by atoms with Crippen LogP contribution in [0.2, 0.25) is 0 Å². The molecule has 1 rings (SSSR count). The van der Waals surface area contributed by atoms with E-state index in [1.165, 1.54) is 5.56 Å². The van der Waals surface area contributed by atoms with Gasteiger partial charge >= 0.3 is 0 Å². The maximum Gasteiger partial charge on any atom is 0.142 e. The van der Waals surface area contributed by atoms with Crippen molar-refractivity contribution < 1.29 is 8.42 Å². The van der Waals surface area contributed by atoms with Gasteiger partial charge in [-0.15, -0.1) is 0 Å². The smallest absolute Gasteiger partial charge is 0.142 e. The maximum absolute atomic E-state index is 10.7. The molecule has 2 unspecified atom stereocenters. The van der Waals surface area contributed by atoms with Gasteiger partial charge in [-0.25, -0.2) is 8.42 Å². The Kier molecular flexibility index (Phi) is 4.14. The van der Waals surface area contributed by atoms with Crippen molar-refractivity contribution in [3.8, 4) is 0 Å². The lowest BCUT2D eigenvalue weighted by atomic mass is 9.97. The van der Waals surface area contributed by atoms with Gasteiger partial charge in [0.1, 0.15) is 10.7 Å². The fourth-order valence-electron chi connectivity index (χ4n) is 1.52. The van der Waals surface area contributed by atoms with Crippen molar-refractivity contribution in [1.82, 2.24) is 0 Å². The highest BCUT2D eigenvalue weighted by Crippen LogP contribution is 2.20. The summed E-state index contributed by atoms with van der Waals surface area (Å²) in [4.78, 5) is 0. The van der Waals surface area contributed by atoms with E-state index >= 15 is 0 Å². The molecule has 0 spiro atoms. The number of hydrogen-bond donors (Lipinski definition) is 1. The summed E-state index contributed by atoms with van der Waals surface area (Å²) in [6, 6.07) is 10.00. The molecule has 0 aromatic heterocycles. The Morgan fingerprint density at radius 1 is 1.14 bits per heavy atom. The topological polar surface area (TPSA) is 34.1 Å². The highest BCUT2D eigenvalue weighted by Gasteiger charge is 2.11. The van der Waals surface area contributed by atoms with Crippen LogP contribution in [0.1, 0.15) is 31.7 Å². The summed E-state index contributed by atoms with van der Waals surface area (Å²) in [5, 5.41) is -0.236. The Bertz CT molecular complexity index is 336. The van der Waals surface area contributed by atoms with Crippen molar-refractivity contribution >= 4 is 10.7 Å². The van der Waals surface area contributed by atoms with Gasteiger partial charge in [0, 0.05) is 0 Å². The van der Waals surface area contributed by atoms with Crippen LogP contribution < -0.4 is 0 Å². The van der Waals surface area contributed by atoms with E-state index in [9.17, 15) is 8.42 Å². The van der Waals surface area contributed by atoms with Crippen LogP contribution in [0, 0.1) is 0 Å². The molecule has 0 saturated heterocycles. The van der Waals surface area contributed by atoms with Gasteiger partial charge in [-0.2, -0.15) is 0 Å². The maximum atomic E-state index is 10.7. The van der Waals surface area contributed by atoms with Gasteiger partial charge in [0.05, 0.1) is 5.25 Å². The quantitative estimate of drug-likeness (QED) is 0.776. The van der Waals surface area contributed by atoms with E-state index in [2.05, 4.69) is 6.92 Å². The van der Waals surface area contributed by atoms with Crippen molar-refractivity contribution in [2.24, 2.45) is 0 Å². The zero-order chi connectivity index (χ0) is 10.6. The summed E-state index contributed by atoms with van der Waals surface area (Å²) < 4.78 is 21.4. The molecular weight excluding hydrogens is 196 g/mol. The van der Waals surface area contributed by atoms with Crippen LogP contribution >= 0.6 is 0 Å². The summed E-state index contributed by atoms with van der Waals surface area (Å²) in [5.41, 5.74) is 1.20. The average molecular weight is 212 g/mol. The molecule has 0 N–H and O–H groups in total. The molecule has 0 aliphatic rings. The van der Waals surface area contributed by atoms with Crippen LogP contribution in [-0.2, 0) is 10.7 Å².